The molecule has 0 saturated carbocycles. The van der Waals surface area contributed by atoms with E-state index in [0.717, 1.165) is 5.75 Å². The molecule has 0 fully saturated rings. The van der Waals surface area contributed by atoms with Gasteiger partial charge in [0.25, 0.3) is 0 Å². The van der Waals surface area contributed by atoms with E-state index < -0.39 is 0 Å². The molecular weight excluding hydrogens is 208 g/mol. The average Bonchev–Trinajstić information content (AvgIpc) is 2.28. The highest BCUT2D eigenvalue weighted by atomic mass is 16.6. The van der Waals surface area contributed by atoms with Gasteiger partial charge < -0.3 is 14.2 Å². The van der Waals surface area contributed by atoms with Crippen molar-refractivity contribution >= 4 is 5.97 Å². The second-order valence-corrected chi connectivity index (χ2v) is 3.31. The van der Waals surface area contributed by atoms with Crippen LogP contribution in [0.5, 0.6) is 11.5 Å². The van der Waals surface area contributed by atoms with Crippen LogP contribution in [-0.4, -0.2) is 19.2 Å². The summed E-state index contributed by atoms with van der Waals surface area (Å²) in [6.45, 7) is 1.93. The van der Waals surface area contributed by atoms with Crippen LogP contribution in [0.1, 0.15) is 6.92 Å². The number of benzene rings is 1. The minimum absolute atomic E-state index is 0.205. The van der Waals surface area contributed by atoms with Crippen LogP contribution in [-0.2, 0) is 9.53 Å². The Balaban J connectivity index is 1.99. The lowest BCUT2D eigenvalue weighted by Crippen LogP contribution is -2.14. The first-order valence-corrected chi connectivity index (χ1v) is 4.98. The number of hydrogen-bond donors (Lipinski definition) is 0. The van der Waals surface area contributed by atoms with E-state index in [9.17, 15) is 4.79 Å². The molecule has 84 valence electrons. The molecule has 0 saturated heterocycles. The van der Waals surface area contributed by atoms with E-state index in [2.05, 4.69) is 0 Å². The fraction of sp³-hybridized carbons (Fsp3) is 0.250. The van der Waals surface area contributed by atoms with Gasteiger partial charge in [-0.3, -0.25) is 4.79 Å². The Bertz CT molecular complexity index is 423. The zero-order valence-corrected chi connectivity index (χ0v) is 8.93. The number of hydrogen-bond acceptors (Lipinski definition) is 4. The zero-order valence-electron chi connectivity index (χ0n) is 8.93. The molecule has 0 bridgehead atoms. The minimum Gasteiger partial charge on any atom is -0.482 e. The zero-order chi connectivity index (χ0) is 11.4. The van der Waals surface area contributed by atoms with Crippen LogP contribution in [0.25, 0.3) is 0 Å². The molecular formula is C12H12O4. The summed E-state index contributed by atoms with van der Waals surface area (Å²) in [4.78, 5) is 10.6. The summed E-state index contributed by atoms with van der Waals surface area (Å²) in [5.41, 5.74) is 0. The molecule has 4 nitrogen and oxygen atoms in total. The van der Waals surface area contributed by atoms with E-state index in [0.29, 0.717) is 18.1 Å². The van der Waals surface area contributed by atoms with Crippen molar-refractivity contribution in [2.24, 2.45) is 0 Å². The third-order valence-electron chi connectivity index (χ3n) is 2.06. The van der Waals surface area contributed by atoms with E-state index >= 15 is 0 Å². The molecule has 4 heteroatoms. The van der Waals surface area contributed by atoms with Crippen LogP contribution in [0.15, 0.2) is 36.1 Å². The van der Waals surface area contributed by atoms with Gasteiger partial charge in [-0.15, -0.1) is 0 Å². The normalized spacial score (nSPS) is 15.9. The molecule has 2 rings (SSSR count). The largest absolute Gasteiger partial charge is 0.482 e. The van der Waals surface area contributed by atoms with Crippen LogP contribution in [0.2, 0.25) is 0 Å². The second-order valence-electron chi connectivity index (χ2n) is 3.31. The molecule has 1 aromatic carbocycles. The lowest BCUT2D eigenvalue weighted by Gasteiger charge is -2.20. The predicted molar refractivity (Wildman–Crippen MR) is 57.3 cm³/mol. The van der Waals surface area contributed by atoms with Gasteiger partial charge in [0.1, 0.15) is 19.0 Å². The Morgan fingerprint density at radius 2 is 2.19 bits per heavy atom. The highest BCUT2D eigenvalue weighted by Crippen LogP contribution is 2.31. The van der Waals surface area contributed by atoms with Gasteiger partial charge in [-0.1, -0.05) is 12.1 Å². The van der Waals surface area contributed by atoms with E-state index in [4.69, 9.17) is 14.2 Å². The van der Waals surface area contributed by atoms with Gasteiger partial charge in [0.15, 0.2) is 11.5 Å². The molecule has 0 N–H and O–H groups in total. The first-order valence-electron chi connectivity index (χ1n) is 4.98. The highest BCUT2D eigenvalue weighted by Gasteiger charge is 2.14. The summed E-state index contributed by atoms with van der Waals surface area (Å²) in [6, 6.07) is 7.43. The summed E-state index contributed by atoms with van der Waals surface area (Å²) >= 11 is 0. The maximum Gasteiger partial charge on any atom is 0.302 e. The fourth-order valence-electron chi connectivity index (χ4n) is 1.33. The molecule has 0 unspecified atom stereocenters. The van der Waals surface area contributed by atoms with Crippen LogP contribution >= 0.6 is 0 Å². The van der Waals surface area contributed by atoms with E-state index in [1.54, 1.807) is 6.08 Å². The molecule has 0 atom stereocenters. The molecule has 0 aliphatic carbocycles. The van der Waals surface area contributed by atoms with Gasteiger partial charge in [-0.25, -0.2) is 0 Å². The van der Waals surface area contributed by atoms with Gasteiger partial charge in [0.2, 0.25) is 0 Å². The van der Waals surface area contributed by atoms with Crippen LogP contribution in [0.4, 0.5) is 0 Å². The first kappa shape index (κ1) is 10.5. The number of carbonyl (C=O) groups is 1. The van der Waals surface area contributed by atoms with Gasteiger partial charge in [0.05, 0.1) is 0 Å². The molecule has 0 amide bonds. The Hall–Kier alpha value is -1.97. The third-order valence-corrected chi connectivity index (χ3v) is 2.06. The van der Waals surface area contributed by atoms with Crippen molar-refractivity contribution in [3.05, 3.63) is 36.1 Å². The molecule has 1 aromatic rings. The fourth-order valence-corrected chi connectivity index (χ4v) is 1.33. The Kier molecular flexibility index (Phi) is 3.10. The summed E-state index contributed by atoms with van der Waals surface area (Å²) in [5, 5.41) is 0. The predicted octanol–water partition coefficient (Wildman–Crippen LogP) is 1.90. The van der Waals surface area contributed by atoms with E-state index in [1.165, 1.54) is 6.92 Å². The second kappa shape index (κ2) is 4.70. The van der Waals surface area contributed by atoms with Crippen LogP contribution in [0, 0.1) is 0 Å². The monoisotopic (exact) mass is 220 g/mol. The van der Waals surface area contributed by atoms with Crippen LogP contribution < -0.4 is 9.47 Å². The lowest BCUT2D eigenvalue weighted by atomic mass is 10.3. The SMILES string of the molecule is CC(=O)OC/C=C1/COc2ccccc2O1. The smallest absolute Gasteiger partial charge is 0.302 e. The van der Waals surface area contributed by atoms with Crippen molar-refractivity contribution in [1.29, 1.82) is 0 Å². The summed E-state index contributed by atoms with van der Waals surface area (Å²) in [7, 11) is 0. The van der Waals surface area contributed by atoms with E-state index in [1.807, 2.05) is 24.3 Å². The number of ether oxygens (including phenoxy) is 3. The van der Waals surface area contributed by atoms with Crippen molar-refractivity contribution in [3.63, 3.8) is 0 Å². The molecule has 0 radical (unpaired) electrons. The van der Waals surface area contributed by atoms with E-state index in [-0.39, 0.29) is 12.6 Å². The maximum atomic E-state index is 10.6. The van der Waals surface area contributed by atoms with Gasteiger partial charge in [0, 0.05) is 6.92 Å². The Morgan fingerprint density at radius 1 is 1.44 bits per heavy atom. The van der Waals surface area contributed by atoms with Crippen molar-refractivity contribution < 1.29 is 19.0 Å². The third kappa shape index (κ3) is 2.53. The lowest BCUT2D eigenvalue weighted by molar-refractivity contribution is -0.139. The number of esters is 1. The molecule has 1 aliphatic heterocycles. The molecule has 0 aromatic heterocycles. The average molecular weight is 220 g/mol. The number of para-hydroxylation sites is 2. The number of fused-ring (bicyclic) bond motifs is 1. The topological polar surface area (TPSA) is 44.8 Å². The van der Waals surface area contributed by atoms with Crippen molar-refractivity contribution in [2.75, 3.05) is 13.2 Å². The molecule has 1 heterocycles. The summed E-state index contributed by atoms with van der Waals surface area (Å²) in [6.07, 6.45) is 1.69. The van der Waals surface area contributed by atoms with Crippen LogP contribution in [0.3, 0.4) is 0 Å². The van der Waals surface area contributed by atoms with Gasteiger partial charge >= 0.3 is 5.97 Å². The molecule has 1 aliphatic rings. The molecule has 16 heavy (non-hydrogen) atoms. The highest BCUT2D eigenvalue weighted by molar-refractivity contribution is 5.66. The summed E-state index contributed by atoms with van der Waals surface area (Å²) in [5.74, 6) is 1.75. The van der Waals surface area contributed by atoms with Gasteiger partial charge in [-0.05, 0) is 18.2 Å². The van der Waals surface area contributed by atoms with Gasteiger partial charge in [-0.2, -0.15) is 0 Å². The van der Waals surface area contributed by atoms with Crippen molar-refractivity contribution in [2.45, 2.75) is 6.92 Å². The Labute approximate surface area is 93.4 Å². The standard InChI is InChI=1S/C12H12O4/c1-9(13)14-7-6-10-8-15-11-4-2-3-5-12(11)16-10/h2-6H,7-8H2,1H3/b10-6-. The summed E-state index contributed by atoms with van der Waals surface area (Å²) < 4.78 is 15.8. The molecule has 0 spiro atoms. The maximum absolute atomic E-state index is 10.6. The number of carbonyl (C=O) groups excluding carboxylic acids is 1. The minimum atomic E-state index is -0.311. The number of rotatable bonds is 2. The van der Waals surface area contributed by atoms with Crippen molar-refractivity contribution in [3.8, 4) is 11.5 Å². The first-order chi connectivity index (χ1) is 7.75. The quantitative estimate of drug-likeness (QED) is 0.714. The Morgan fingerprint density at radius 3 is 2.94 bits per heavy atom. The van der Waals surface area contributed by atoms with Crippen molar-refractivity contribution in [1.82, 2.24) is 0 Å².